The lowest BCUT2D eigenvalue weighted by Crippen LogP contribution is -2.08. The van der Waals surface area contributed by atoms with Crippen molar-refractivity contribution < 1.29 is 9.59 Å². The van der Waals surface area contributed by atoms with Crippen LogP contribution in [0.4, 0.5) is 0 Å². The molecule has 3 heteroatoms. The highest BCUT2D eigenvalue weighted by Gasteiger charge is 2.13. The first-order chi connectivity index (χ1) is 9.74. The lowest BCUT2D eigenvalue weighted by atomic mass is 10.0. The van der Waals surface area contributed by atoms with Gasteiger partial charge in [-0.1, -0.05) is 42.5 Å². The Morgan fingerprint density at radius 2 is 1.60 bits per heavy atom. The highest BCUT2D eigenvalue weighted by Crippen LogP contribution is 2.16. The van der Waals surface area contributed by atoms with Crippen molar-refractivity contribution in [3.8, 4) is 0 Å². The minimum absolute atomic E-state index is 0.101. The van der Waals surface area contributed by atoms with E-state index in [1.807, 2.05) is 24.4 Å². The van der Waals surface area contributed by atoms with Gasteiger partial charge in [0.05, 0.1) is 6.42 Å². The van der Waals surface area contributed by atoms with E-state index in [4.69, 9.17) is 0 Å². The van der Waals surface area contributed by atoms with E-state index in [2.05, 4.69) is 4.98 Å². The fourth-order valence-electron chi connectivity index (χ4n) is 2.20. The van der Waals surface area contributed by atoms with Crippen LogP contribution >= 0.6 is 0 Å². The molecule has 0 saturated carbocycles. The van der Waals surface area contributed by atoms with E-state index in [1.54, 1.807) is 36.4 Å². The second-order valence-electron chi connectivity index (χ2n) is 4.67. The van der Waals surface area contributed by atoms with Crippen molar-refractivity contribution in [2.45, 2.75) is 6.42 Å². The van der Waals surface area contributed by atoms with Gasteiger partial charge in [0.25, 0.3) is 0 Å². The van der Waals surface area contributed by atoms with Gasteiger partial charge in [-0.3, -0.25) is 9.59 Å². The Bertz CT molecular complexity index is 772. The van der Waals surface area contributed by atoms with Gasteiger partial charge in [-0.2, -0.15) is 0 Å². The first-order valence-corrected chi connectivity index (χ1v) is 6.42. The molecule has 0 saturated heterocycles. The molecular formula is C17H13NO2. The average molecular weight is 263 g/mol. The smallest absolute Gasteiger partial charge is 0.170 e. The topological polar surface area (TPSA) is 49.9 Å². The second-order valence-corrected chi connectivity index (χ2v) is 4.67. The van der Waals surface area contributed by atoms with Crippen LogP contribution in [0.1, 0.15) is 27.1 Å². The zero-order valence-electron chi connectivity index (χ0n) is 10.8. The van der Waals surface area contributed by atoms with E-state index in [1.165, 1.54) is 0 Å². The maximum atomic E-state index is 12.2. The van der Waals surface area contributed by atoms with Crippen LogP contribution < -0.4 is 0 Å². The van der Waals surface area contributed by atoms with Crippen molar-refractivity contribution in [1.82, 2.24) is 4.98 Å². The molecule has 0 spiro atoms. The number of benzene rings is 2. The molecule has 3 nitrogen and oxygen atoms in total. The molecular weight excluding hydrogens is 250 g/mol. The minimum Gasteiger partial charge on any atom is -0.361 e. The predicted octanol–water partition coefficient (Wildman–Crippen LogP) is 3.62. The van der Waals surface area contributed by atoms with Gasteiger partial charge >= 0.3 is 0 Å². The summed E-state index contributed by atoms with van der Waals surface area (Å²) < 4.78 is 0. The third-order valence-corrected chi connectivity index (χ3v) is 3.29. The van der Waals surface area contributed by atoms with E-state index >= 15 is 0 Å². The van der Waals surface area contributed by atoms with Gasteiger partial charge in [0.1, 0.15) is 0 Å². The Balaban J connectivity index is 1.80. The quantitative estimate of drug-likeness (QED) is 0.577. The third-order valence-electron chi connectivity index (χ3n) is 3.29. The summed E-state index contributed by atoms with van der Waals surface area (Å²) in [4.78, 5) is 27.2. The lowest BCUT2D eigenvalue weighted by Gasteiger charge is -2.02. The summed E-state index contributed by atoms with van der Waals surface area (Å²) in [5.74, 6) is -0.308. The lowest BCUT2D eigenvalue weighted by molar-refractivity contribution is 0.0894. The van der Waals surface area contributed by atoms with Crippen LogP contribution in [0.2, 0.25) is 0 Å². The van der Waals surface area contributed by atoms with Gasteiger partial charge in [-0.25, -0.2) is 0 Å². The fourth-order valence-corrected chi connectivity index (χ4v) is 2.20. The summed E-state index contributed by atoms with van der Waals surface area (Å²) in [5, 5.41) is 1.05. The summed E-state index contributed by atoms with van der Waals surface area (Å²) in [5.41, 5.74) is 2.04. The Hall–Kier alpha value is -2.68. The fraction of sp³-hybridized carbons (Fsp3) is 0.0588. The van der Waals surface area contributed by atoms with Crippen LogP contribution in [0.15, 0.2) is 60.8 Å². The molecule has 98 valence electrons. The molecule has 3 aromatic rings. The molecule has 0 unspecified atom stereocenters. The monoisotopic (exact) mass is 263 g/mol. The molecule has 2 aromatic carbocycles. The van der Waals surface area contributed by atoms with E-state index in [0.717, 1.165) is 10.9 Å². The number of ketones is 2. The predicted molar refractivity (Wildman–Crippen MR) is 78.0 cm³/mol. The number of Topliss-reactive ketones (excluding diaryl/α,β-unsaturated/α-hetero) is 2. The molecule has 20 heavy (non-hydrogen) atoms. The van der Waals surface area contributed by atoms with Gasteiger partial charge in [0.2, 0.25) is 0 Å². The van der Waals surface area contributed by atoms with Crippen LogP contribution in [0, 0.1) is 0 Å². The molecule has 0 fully saturated rings. The average Bonchev–Trinajstić information content (AvgIpc) is 2.95. The Kier molecular flexibility index (Phi) is 3.17. The van der Waals surface area contributed by atoms with Crippen LogP contribution in [0.3, 0.4) is 0 Å². The SMILES string of the molecule is O=C(CC(=O)c1ccc2cc[nH]c2c1)c1ccccc1. The van der Waals surface area contributed by atoms with Crippen LogP contribution in [-0.4, -0.2) is 16.6 Å². The zero-order chi connectivity index (χ0) is 13.9. The Morgan fingerprint density at radius 3 is 2.40 bits per heavy atom. The number of nitrogens with one attached hydrogen (secondary N) is 1. The number of aromatic amines is 1. The Morgan fingerprint density at radius 1 is 0.850 bits per heavy atom. The molecule has 3 rings (SSSR count). The van der Waals surface area contributed by atoms with Gasteiger partial charge < -0.3 is 4.98 Å². The third kappa shape index (κ3) is 2.38. The molecule has 0 atom stereocenters. The maximum Gasteiger partial charge on any atom is 0.170 e. The first-order valence-electron chi connectivity index (χ1n) is 6.42. The van der Waals surface area contributed by atoms with Gasteiger partial charge in [-0.15, -0.1) is 0 Å². The first kappa shape index (κ1) is 12.4. The molecule has 0 aliphatic heterocycles. The molecule has 0 bridgehead atoms. The number of carbonyl (C=O) groups is 2. The van der Waals surface area contributed by atoms with Gasteiger partial charge in [-0.05, 0) is 17.5 Å². The molecule has 0 aliphatic carbocycles. The van der Waals surface area contributed by atoms with Crippen LogP contribution in [0.5, 0.6) is 0 Å². The number of hydrogen-bond acceptors (Lipinski definition) is 2. The number of hydrogen-bond donors (Lipinski definition) is 1. The highest BCUT2D eigenvalue weighted by atomic mass is 16.1. The summed E-state index contributed by atoms with van der Waals surface area (Å²) in [6.07, 6.45) is 1.73. The van der Waals surface area contributed by atoms with Crippen molar-refractivity contribution in [3.63, 3.8) is 0 Å². The molecule has 0 radical (unpaired) electrons. The summed E-state index contributed by atoms with van der Waals surface area (Å²) in [7, 11) is 0. The number of H-pyrrole nitrogens is 1. The van der Waals surface area contributed by atoms with Crippen molar-refractivity contribution in [2.24, 2.45) is 0 Å². The minimum atomic E-state index is -0.157. The molecule has 1 aromatic heterocycles. The van der Waals surface area contributed by atoms with Crippen molar-refractivity contribution in [3.05, 3.63) is 71.9 Å². The highest BCUT2D eigenvalue weighted by molar-refractivity contribution is 6.14. The standard InChI is InChI=1S/C17H13NO2/c19-16(13-4-2-1-3-5-13)11-17(20)14-7-6-12-8-9-18-15(12)10-14/h1-10,18H,11H2. The summed E-state index contributed by atoms with van der Waals surface area (Å²) in [6, 6.07) is 16.3. The molecule has 1 N–H and O–H groups in total. The second kappa shape index (κ2) is 5.13. The van der Waals surface area contributed by atoms with E-state index in [0.29, 0.717) is 11.1 Å². The number of fused-ring (bicyclic) bond motifs is 1. The Labute approximate surface area is 116 Å². The maximum absolute atomic E-state index is 12.2. The van der Waals surface area contributed by atoms with Crippen LogP contribution in [-0.2, 0) is 0 Å². The molecule has 1 heterocycles. The number of aromatic nitrogens is 1. The largest absolute Gasteiger partial charge is 0.361 e. The zero-order valence-corrected chi connectivity index (χ0v) is 10.8. The van der Waals surface area contributed by atoms with E-state index < -0.39 is 0 Å². The number of carbonyl (C=O) groups excluding carboxylic acids is 2. The van der Waals surface area contributed by atoms with E-state index in [9.17, 15) is 9.59 Å². The van der Waals surface area contributed by atoms with Crippen molar-refractivity contribution in [2.75, 3.05) is 0 Å². The van der Waals surface area contributed by atoms with Crippen molar-refractivity contribution in [1.29, 1.82) is 0 Å². The van der Waals surface area contributed by atoms with Crippen molar-refractivity contribution >= 4 is 22.5 Å². The molecule has 0 aliphatic rings. The van der Waals surface area contributed by atoms with Crippen LogP contribution in [0.25, 0.3) is 10.9 Å². The normalized spacial score (nSPS) is 10.6. The van der Waals surface area contributed by atoms with Gasteiger partial charge in [0, 0.05) is 22.8 Å². The summed E-state index contributed by atoms with van der Waals surface area (Å²) >= 11 is 0. The summed E-state index contributed by atoms with van der Waals surface area (Å²) in [6.45, 7) is 0. The van der Waals surface area contributed by atoms with Gasteiger partial charge in [0.15, 0.2) is 11.6 Å². The van der Waals surface area contributed by atoms with E-state index in [-0.39, 0.29) is 18.0 Å². The number of rotatable bonds is 4. The molecule has 0 amide bonds.